The van der Waals surface area contributed by atoms with Gasteiger partial charge in [0.05, 0.1) is 11.4 Å². The van der Waals surface area contributed by atoms with Crippen molar-refractivity contribution in [2.24, 2.45) is 0 Å². The molecule has 1 heterocycles. The lowest BCUT2D eigenvalue weighted by Gasteiger charge is -2.12. The number of nitrogens with one attached hydrogen (secondary N) is 1. The first-order valence-electron chi connectivity index (χ1n) is 22.1. The number of carbonyl (C=O) groups excluding carboxylic acids is 1. The highest BCUT2D eigenvalue weighted by molar-refractivity contribution is 5.80. The number of benzene rings is 6. The zero-order valence-corrected chi connectivity index (χ0v) is 37.9. The molecule has 7 rings (SSSR count). The topological polar surface area (TPSA) is 53.8 Å². The summed E-state index contributed by atoms with van der Waals surface area (Å²) in [5.74, 6) is 0. The Bertz CT molecular complexity index is 2200. The Balaban J connectivity index is 0.000000914. The van der Waals surface area contributed by atoms with Gasteiger partial charge in [-0.05, 0) is 107 Å². The first kappa shape index (κ1) is 49.0. The Labute approximate surface area is 367 Å². The van der Waals surface area contributed by atoms with E-state index in [2.05, 4.69) is 185 Å². The molecule has 0 atom stereocenters. The van der Waals surface area contributed by atoms with Crippen molar-refractivity contribution >= 4 is 6.08 Å². The van der Waals surface area contributed by atoms with Crippen LogP contribution in [0.25, 0.3) is 67.0 Å². The molecule has 0 saturated heterocycles. The van der Waals surface area contributed by atoms with Crippen LogP contribution < -0.4 is 0 Å². The van der Waals surface area contributed by atoms with E-state index in [1.807, 2.05) is 34.6 Å². The van der Waals surface area contributed by atoms with E-state index in [9.17, 15) is 0 Å². The number of aromatic nitrogens is 1. The van der Waals surface area contributed by atoms with Crippen LogP contribution in [-0.2, 0) is 17.6 Å². The molecule has 1 N–H and O–H groups in total. The van der Waals surface area contributed by atoms with Crippen LogP contribution in [0.1, 0.15) is 90.8 Å². The Morgan fingerprint density at radius 1 is 0.475 bits per heavy atom. The monoisotopic (exact) mass is 807 g/mol. The minimum absolute atomic E-state index is 0.750. The molecule has 0 bridgehead atoms. The predicted molar refractivity (Wildman–Crippen MR) is 266 cm³/mol. The Morgan fingerprint density at radius 2 is 0.705 bits per heavy atom. The van der Waals surface area contributed by atoms with Gasteiger partial charge in [0, 0.05) is 11.1 Å². The van der Waals surface area contributed by atoms with E-state index < -0.39 is 0 Å². The van der Waals surface area contributed by atoms with Gasteiger partial charge in [-0.3, -0.25) is 0 Å². The van der Waals surface area contributed by atoms with Crippen molar-refractivity contribution in [3.05, 3.63) is 187 Å². The number of unbranched alkanes of at least 4 members (excludes halogenated alkanes) is 2. The highest BCUT2D eigenvalue weighted by atomic mass is 16.1. The average Bonchev–Trinajstić information content (AvgIpc) is 3.32. The molecule has 6 aromatic carbocycles. The van der Waals surface area contributed by atoms with Crippen LogP contribution in [0, 0.1) is 12.3 Å². The summed E-state index contributed by atoms with van der Waals surface area (Å²) >= 11 is 0. The molecule has 3 nitrogen and oxygen atoms in total. The first-order valence-corrected chi connectivity index (χ1v) is 22.1. The second-order valence-electron chi connectivity index (χ2n) is 14.3. The van der Waals surface area contributed by atoms with Crippen molar-refractivity contribution < 1.29 is 4.79 Å². The van der Waals surface area contributed by atoms with Gasteiger partial charge in [0.15, 0.2) is 0 Å². The van der Waals surface area contributed by atoms with Crippen LogP contribution in [-0.4, -0.2) is 11.1 Å². The number of nitrogens with zero attached hydrogens (tertiary/aromatic N) is 1. The molecule has 314 valence electrons. The van der Waals surface area contributed by atoms with Crippen molar-refractivity contribution in [2.75, 3.05) is 0 Å². The van der Waals surface area contributed by atoms with E-state index in [-0.39, 0.29) is 0 Å². The minimum Gasteiger partial charge on any atom is -0.248 e. The van der Waals surface area contributed by atoms with Crippen LogP contribution >= 0.6 is 0 Å². The number of allylic oxidation sites excluding steroid dienone is 1. The maximum Gasteiger partial charge on any atom is 0.231 e. The lowest BCUT2D eigenvalue weighted by Crippen LogP contribution is -1.92. The SMILES string of the molecule is C=CC.CC.CC.CCCCc1ccc(-c2ccc(-c3cc(-c4ccc(-c5ccc(C)cc5)cc4)cc(-c4ccc(-c5ccc(CCCC)cc5)cc4)n3)cc2)cc1.N=C=O. The highest BCUT2D eigenvalue weighted by Crippen LogP contribution is 2.34. The average molecular weight is 807 g/mol. The second-order valence-corrected chi connectivity index (χ2v) is 14.3. The molecular formula is C58H66N2O. The molecule has 0 aliphatic rings. The second kappa shape index (κ2) is 27.4. The number of rotatable bonds is 12. The predicted octanol–water partition coefficient (Wildman–Crippen LogP) is 17.2. The fourth-order valence-corrected chi connectivity index (χ4v) is 6.75. The summed E-state index contributed by atoms with van der Waals surface area (Å²) < 4.78 is 0. The third-order valence-electron chi connectivity index (χ3n) is 10.0. The van der Waals surface area contributed by atoms with Gasteiger partial charge in [-0.25, -0.2) is 15.2 Å². The van der Waals surface area contributed by atoms with Gasteiger partial charge in [-0.2, -0.15) is 0 Å². The molecule has 0 amide bonds. The summed E-state index contributed by atoms with van der Waals surface area (Å²) in [6.07, 6.45) is 9.69. The normalized spacial score (nSPS) is 9.84. The van der Waals surface area contributed by atoms with E-state index in [1.54, 1.807) is 6.08 Å². The van der Waals surface area contributed by atoms with Gasteiger partial charge in [-0.1, -0.05) is 212 Å². The van der Waals surface area contributed by atoms with Gasteiger partial charge in [0.25, 0.3) is 0 Å². The molecule has 0 unspecified atom stereocenters. The van der Waals surface area contributed by atoms with Crippen molar-refractivity contribution in [3.63, 3.8) is 0 Å². The zero-order valence-electron chi connectivity index (χ0n) is 37.9. The molecule has 7 aromatic rings. The molecule has 0 aliphatic carbocycles. The summed E-state index contributed by atoms with van der Waals surface area (Å²) in [4.78, 5) is 13.6. The molecule has 0 fully saturated rings. The number of aryl methyl sites for hydroxylation is 3. The maximum atomic E-state index is 8.35. The van der Waals surface area contributed by atoms with Crippen LogP contribution in [0.15, 0.2) is 170 Å². The Kier molecular flexibility index (Phi) is 22.0. The molecule has 1 aromatic heterocycles. The molecule has 0 aliphatic heterocycles. The molecule has 0 spiro atoms. The van der Waals surface area contributed by atoms with E-state index in [0.29, 0.717) is 0 Å². The van der Waals surface area contributed by atoms with Crippen molar-refractivity contribution in [3.8, 4) is 67.0 Å². The third kappa shape index (κ3) is 15.0. The smallest absolute Gasteiger partial charge is 0.231 e. The lowest BCUT2D eigenvalue weighted by atomic mass is 9.96. The van der Waals surface area contributed by atoms with Crippen LogP contribution in [0.5, 0.6) is 0 Å². The summed E-state index contributed by atoms with van der Waals surface area (Å²) in [7, 11) is 0. The molecular weight excluding hydrogens is 741 g/mol. The number of pyridine rings is 1. The number of hydrogen-bond donors (Lipinski definition) is 1. The first-order chi connectivity index (χ1) is 29.9. The van der Waals surface area contributed by atoms with E-state index in [1.165, 1.54) is 81.3 Å². The van der Waals surface area contributed by atoms with Gasteiger partial charge in [0.1, 0.15) is 0 Å². The Morgan fingerprint density at radius 3 is 0.984 bits per heavy atom. The quantitative estimate of drug-likeness (QED) is 0.0759. The van der Waals surface area contributed by atoms with Crippen molar-refractivity contribution in [2.45, 2.75) is 93.9 Å². The van der Waals surface area contributed by atoms with Crippen molar-refractivity contribution in [1.29, 1.82) is 5.41 Å². The fraction of sp³-hybridized carbons (Fsp3) is 0.241. The molecule has 3 heteroatoms. The maximum absolute atomic E-state index is 8.35. The lowest BCUT2D eigenvalue weighted by molar-refractivity contribution is 0.562. The van der Waals surface area contributed by atoms with Crippen LogP contribution in [0.3, 0.4) is 0 Å². The van der Waals surface area contributed by atoms with Crippen molar-refractivity contribution in [1.82, 2.24) is 4.98 Å². The standard InChI is InChI=1S/C50H47N.C3H6.2C2H6.CHNO/c1-4-6-8-37-12-18-40(19-13-37)43-26-30-46(31-27-43)49-34-48(45-24-22-42(23-25-45)39-16-10-36(3)11-17-39)35-50(51-49)47-32-28-44(29-33-47)41-20-14-38(15-21-41)9-7-5-2;1-3-2;2*1-2;2-1-3/h10-35H,4-9H2,1-3H3;3H,1H2,2H3;2*1-2H3;2H. The van der Waals surface area contributed by atoms with Gasteiger partial charge in [0.2, 0.25) is 6.08 Å². The zero-order chi connectivity index (χ0) is 44.4. The summed E-state index contributed by atoms with van der Waals surface area (Å²) in [5, 5.41) is 5.40. The van der Waals surface area contributed by atoms with Gasteiger partial charge in [-0.15, -0.1) is 6.58 Å². The molecule has 0 saturated carbocycles. The summed E-state index contributed by atoms with van der Waals surface area (Å²) in [5.41, 5.74) is 18.0. The largest absolute Gasteiger partial charge is 0.248 e. The van der Waals surface area contributed by atoms with Gasteiger partial charge >= 0.3 is 0 Å². The van der Waals surface area contributed by atoms with Gasteiger partial charge < -0.3 is 0 Å². The van der Waals surface area contributed by atoms with E-state index in [4.69, 9.17) is 15.2 Å². The van der Waals surface area contributed by atoms with E-state index in [0.717, 1.165) is 47.0 Å². The van der Waals surface area contributed by atoms with Crippen LogP contribution in [0.4, 0.5) is 0 Å². The third-order valence-corrected chi connectivity index (χ3v) is 10.0. The highest BCUT2D eigenvalue weighted by Gasteiger charge is 2.11. The Hall–Kier alpha value is -6.41. The summed E-state index contributed by atoms with van der Waals surface area (Å²) in [6.45, 7) is 19.9. The molecule has 0 radical (unpaired) electrons. The molecule has 61 heavy (non-hydrogen) atoms. The fourth-order valence-electron chi connectivity index (χ4n) is 6.75. The minimum atomic E-state index is 0.750. The number of isocyanates is 1. The number of hydrogen-bond acceptors (Lipinski definition) is 3. The summed E-state index contributed by atoms with van der Waals surface area (Å²) in [6, 6.07) is 58.0. The van der Waals surface area contributed by atoms with Crippen LogP contribution in [0.2, 0.25) is 0 Å². The van der Waals surface area contributed by atoms with E-state index >= 15 is 0 Å².